The molecule has 31 heavy (non-hydrogen) atoms. The Bertz CT molecular complexity index is 1250. The quantitative estimate of drug-likeness (QED) is 0.646. The number of carbonyl (C=O) groups excluding carboxylic acids is 1. The summed E-state index contributed by atoms with van der Waals surface area (Å²) in [7, 11) is -2.09. The van der Waals surface area contributed by atoms with E-state index in [-0.39, 0.29) is 10.8 Å². The number of carbonyl (C=O) groups is 1. The van der Waals surface area contributed by atoms with Crippen molar-refractivity contribution in [2.75, 3.05) is 23.3 Å². The highest BCUT2D eigenvalue weighted by atomic mass is 32.2. The Morgan fingerprint density at radius 3 is 2.39 bits per heavy atom. The zero-order chi connectivity index (χ0) is 22.2. The summed E-state index contributed by atoms with van der Waals surface area (Å²) >= 11 is 0. The number of rotatable bonds is 5. The van der Waals surface area contributed by atoms with E-state index in [4.69, 9.17) is 4.74 Å². The molecule has 3 aromatic rings. The van der Waals surface area contributed by atoms with E-state index in [1.54, 1.807) is 55.6 Å². The molecule has 0 saturated carbocycles. The predicted molar refractivity (Wildman–Crippen MR) is 122 cm³/mol. The van der Waals surface area contributed by atoms with Crippen LogP contribution in [0.2, 0.25) is 0 Å². The lowest BCUT2D eigenvalue weighted by Gasteiger charge is -2.20. The molecule has 1 aliphatic heterocycles. The van der Waals surface area contributed by atoms with Crippen LogP contribution in [0.15, 0.2) is 65.6 Å². The largest absolute Gasteiger partial charge is 0.495 e. The maximum atomic E-state index is 13.1. The number of methoxy groups -OCH3 is 1. The van der Waals surface area contributed by atoms with E-state index in [0.717, 1.165) is 16.7 Å². The fraction of sp³-hybridized carbons (Fsp3) is 0.208. The third-order valence-electron chi connectivity index (χ3n) is 5.41. The molecule has 0 aromatic heterocycles. The average molecular weight is 437 g/mol. The maximum absolute atomic E-state index is 13.1. The van der Waals surface area contributed by atoms with E-state index >= 15 is 0 Å². The molecular formula is C24H24N2O4S. The van der Waals surface area contributed by atoms with E-state index in [1.807, 2.05) is 26.0 Å². The number of aryl methyl sites for hydroxylation is 2. The molecule has 0 atom stereocenters. The number of benzene rings is 3. The van der Waals surface area contributed by atoms with Crippen molar-refractivity contribution in [1.29, 1.82) is 0 Å². The van der Waals surface area contributed by atoms with Gasteiger partial charge in [0, 0.05) is 12.1 Å². The molecule has 3 aromatic carbocycles. The Labute approximate surface area is 182 Å². The smallest absolute Gasteiger partial charge is 0.264 e. The summed E-state index contributed by atoms with van der Waals surface area (Å²) in [4.78, 5) is 13.1. The fourth-order valence-electron chi connectivity index (χ4n) is 3.71. The van der Waals surface area contributed by atoms with Gasteiger partial charge >= 0.3 is 0 Å². The number of nitrogens with one attached hydrogen (secondary N) is 1. The van der Waals surface area contributed by atoms with Crippen molar-refractivity contribution in [1.82, 2.24) is 0 Å². The van der Waals surface area contributed by atoms with Gasteiger partial charge in [-0.1, -0.05) is 23.8 Å². The highest BCUT2D eigenvalue weighted by Gasteiger charge is 2.31. The van der Waals surface area contributed by atoms with Gasteiger partial charge in [0.2, 0.25) is 0 Å². The number of hydrogen-bond acceptors (Lipinski definition) is 4. The molecule has 1 aliphatic rings. The van der Waals surface area contributed by atoms with Crippen LogP contribution >= 0.6 is 0 Å². The van der Waals surface area contributed by atoms with Gasteiger partial charge in [-0.05, 0) is 73.9 Å². The summed E-state index contributed by atoms with van der Waals surface area (Å²) < 4.78 is 32.9. The first kappa shape index (κ1) is 20.9. The van der Waals surface area contributed by atoms with Crippen molar-refractivity contribution >= 4 is 27.3 Å². The second kappa shape index (κ2) is 8.07. The number of amides is 1. The number of ether oxygens (including phenoxy) is 1. The molecule has 1 amide bonds. The zero-order valence-corrected chi connectivity index (χ0v) is 18.5. The molecule has 4 rings (SSSR count). The minimum atomic E-state index is -3.65. The standard InChI is InChI=1S/C24H24N2O4S/c1-16-4-8-20(9-5-16)31(28,29)26-13-12-18-15-19(7-10-22(18)26)24(27)25-21-14-17(2)6-11-23(21)30-3/h4-11,14-15H,12-13H2,1-3H3,(H,25,27). The Morgan fingerprint density at radius 2 is 1.68 bits per heavy atom. The summed E-state index contributed by atoms with van der Waals surface area (Å²) in [6.45, 7) is 4.20. The Hall–Kier alpha value is -3.32. The number of sulfonamides is 1. The summed E-state index contributed by atoms with van der Waals surface area (Å²) in [5.74, 6) is 0.307. The lowest BCUT2D eigenvalue weighted by Crippen LogP contribution is -2.29. The van der Waals surface area contributed by atoms with Crippen LogP contribution in [0.4, 0.5) is 11.4 Å². The van der Waals surface area contributed by atoms with Gasteiger partial charge in [0.05, 0.1) is 23.4 Å². The SMILES string of the molecule is COc1ccc(C)cc1NC(=O)c1ccc2c(c1)CCN2S(=O)(=O)c1ccc(C)cc1. The number of nitrogens with zero attached hydrogens (tertiary/aromatic N) is 1. The van der Waals surface area contributed by atoms with E-state index < -0.39 is 10.0 Å². The van der Waals surface area contributed by atoms with Gasteiger partial charge in [-0.3, -0.25) is 9.10 Å². The molecule has 0 bridgehead atoms. The van der Waals surface area contributed by atoms with Crippen LogP contribution < -0.4 is 14.4 Å². The molecule has 0 unspecified atom stereocenters. The first-order valence-electron chi connectivity index (χ1n) is 9.98. The molecule has 0 fully saturated rings. The Balaban J connectivity index is 1.60. The van der Waals surface area contributed by atoms with Gasteiger partial charge in [-0.25, -0.2) is 8.42 Å². The lowest BCUT2D eigenvalue weighted by atomic mass is 10.1. The summed E-state index contributed by atoms with van der Waals surface area (Å²) in [6, 6.07) is 17.5. The van der Waals surface area contributed by atoms with Gasteiger partial charge < -0.3 is 10.1 Å². The zero-order valence-electron chi connectivity index (χ0n) is 17.7. The van der Waals surface area contributed by atoms with Crippen molar-refractivity contribution < 1.29 is 17.9 Å². The number of anilines is 2. The lowest BCUT2D eigenvalue weighted by molar-refractivity contribution is 0.102. The van der Waals surface area contributed by atoms with Crippen molar-refractivity contribution in [3.05, 3.63) is 82.9 Å². The molecule has 1 N–H and O–H groups in total. The molecule has 1 heterocycles. The van der Waals surface area contributed by atoms with E-state index in [2.05, 4.69) is 5.32 Å². The van der Waals surface area contributed by atoms with Crippen LogP contribution in [-0.2, 0) is 16.4 Å². The van der Waals surface area contributed by atoms with Gasteiger partial charge in [0.1, 0.15) is 5.75 Å². The van der Waals surface area contributed by atoms with E-state index in [0.29, 0.717) is 35.7 Å². The van der Waals surface area contributed by atoms with Crippen molar-refractivity contribution in [3.63, 3.8) is 0 Å². The minimum absolute atomic E-state index is 0.263. The van der Waals surface area contributed by atoms with Gasteiger partial charge in [-0.15, -0.1) is 0 Å². The third-order valence-corrected chi connectivity index (χ3v) is 7.23. The van der Waals surface area contributed by atoms with Gasteiger partial charge in [0.25, 0.3) is 15.9 Å². The van der Waals surface area contributed by atoms with Gasteiger partial charge in [0.15, 0.2) is 0 Å². The molecule has 0 radical (unpaired) electrons. The third kappa shape index (κ3) is 4.01. The molecule has 6 nitrogen and oxygen atoms in total. The van der Waals surface area contributed by atoms with Crippen molar-refractivity contribution in [2.45, 2.75) is 25.2 Å². The highest BCUT2D eigenvalue weighted by Crippen LogP contribution is 2.34. The molecule has 0 aliphatic carbocycles. The van der Waals surface area contributed by atoms with Crippen LogP contribution in [0.5, 0.6) is 5.75 Å². The summed E-state index contributed by atoms with van der Waals surface area (Å²) in [5, 5.41) is 2.89. The average Bonchev–Trinajstić information content (AvgIpc) is 3.18. The van der Waals surface area contributed by atoms with Crippen molar-refractivity contribution in [2.24, 2.45) is 0 Å². The molecular weight excluding hydrogens is 412 g/mol. The Morgan fingerprint density at radius 1 is 0.968 bits per heavy atom. The normalized spacial score (nSPS) is 13.1. The van der Waals surface area contributed by atoms with Crippen LogP contribution in [0.1, 0.15) is 27.0 Å². The van der Waals surface area contributed by atoms with Crippen LogP contribution in [0.25, 0.3) is 0 Å². The first-order valence-corrected chi connectivity index (χ1v) is 11.4. The van der Waals surface area contributed by atoms with Gasteiger partial charge in [-0.2, -0.15) is 0 Å². The monoisotopic (exact) mass is 436 g/mol. The fourth-order valence-corrected chi connectivity index (χ4v) is 5.22. The number of hydrogen-bond donors (Lipinski definition) is 1. The highest BCUT2D eigenvalue weighted by molar-refractivity contribution is 7.92. The first-order chi connectivity index (χ1) is 14.8. The molecule has 0 saturated heterocycles. The molecule has 7 heteroatoms. The van der Waals surface area contributed by atoms with Crippen LogP contribution in [-0.4, -0.2) is 28.0 Å². The molecule has 160 valence electrons. The maximum Gasteiger partial charge on any atom is 0.264 e. The molecule has 0 spiro atoms. The van der Waals surface area contributed by atoms with E-state index in [9.17, 15) is 13.2 Å². The van der Waals surface area contributed by atoms with Crippen LogP contribution in [0.3, 0.4) is 0 Å². The minimum Gasteiger partial charge on any atom is -0.495 e. The topological polar surface area (TPSA) is 75.7 Å². The summed E-state index contributed by atoms with van der Waals surface area (Å²) in [6.07, 6.45) is 0.551. The Kier molecular flexibility index (Phi) is 5.45. The summed E-state index contributed by atoms with van der Waals surface area (Å²) in [5.41, 5.74) is 4.52. The second-order valence-corrected chi connectivity index (χ2v) is 9.50. The number of fused-ring (bicyclic) bond motifs is 1. The van der Waals surface area contributed by atoms with E-state index in [1.165, 1.54) is 4.31 Å². The second-order valence-electron chi connectivity index (χ2n) is 7.64. The van der Waals surface area contributed by atoms with Crippen LogP contribution in [0, 0.1) is 13.8 Å². The predicted octanol–water partition coefficient (Wildman–Crippen LogP) is 4.32. The van der Waals surface area contributed by atoms with Crippen molar-refractivity contribution in [3.8, 4) is 5.75 Å².